The van der Waals surface area contributed by atoms with Gasteiger partial charge in [-0.05, 0) is 19.3 Å². The number of primary amides is 1. The zero-order valence-electron chi connectivity index (χ0n) is 7.55. The third-order valence-electron chi connectivity index (χ3n) is 1.84. The maximum Gasteiger partial charge on any atom is 0.312 e. The van der Waals surface area contributed by atoms with Crippen LogP contribution >= 0.6 is 0 Å². The molecule has 0 aliphatic carbocycles. The summed E-state index contributed by atoms with van der Waals surface area (Å²) in [6, 6.07) is -0.233. The maximum absolute atomic E-state index is 10.4. The van der Waals surface area contributed by atoms with E-state index in [0.29, 0.717) is 5.92 Å². The number of hydrogen-bond donors (Lipinski definition) is 2. The Morgan fingerprint density at radius 2 is 2.09 bits per heavy atom. The van der Waals surface area contributed by atoms with E-state index in [0.717, 1.165) is 12.8 Å². The zero-order valence-corrected chi connectivity index (χ0v) is 7.55. The molecule has 0 aliphatic rings. The van der Waals surface area contributed by atoms with Gasteiger partial charge in [0, 0.05) is 6.04 Å². The monoisotopic (exact) mass is 158 g/mol. The van der Waals surface area contributed by atoms with Crippen molar-refractivity contribution in [3.8, 4) is 0 Å². The molecule has 0 rings (SSSR count). The first-order valence-electron chi connectivity index (χ1n) is 4.12. The molecule has 11 heavy (non-hydrogen) atoms. The first kappa shape index (κ1) is 10.3. The predicted molar refractivity (Wildman–Crippen MR) is 46.3 cm³/mol. The number of rotatable bonds is 4. The second-order valence-electron chi connectivity index (χ2n) is 3.16. The standard InChI is InChI=1S/C8H18N2O/c1-4-6(2)5-7(3)10-8(9)11/h6-7H,4-5H2,1-3H3,(H3,9,10,11). The summed E-state index contributed by atoms with van der Waals surface area (Å²) >= 11 is 0. The van der Waals surface area contributed by atoms with Gasteiger partial charge in [-0.3, -0.25) is 0 Å². The minimum absolute atomic E-state index is 0.197. The van der Waals surface area contributed by atoms with Crippen molar-refractivity contribution in [2.75, 3.05) is 0 Å². The van der Waals surface area contributed by atoms with Crippen LogP contribution in [0.4, 0.5) is 4.79 Å². The third-order valence-corrected chi connectivity index (χ3v) is 1.84. The molecule has 0 saturated carbocycles. The van der Waals surface area contributed by atoms with Crippen LogP contribution < -0.4 is 11.1 Å². The quantitative estimate of drug-likeness (QED) is 0.639. The number of nitrogens with one attached hydrogen (secondary N) is 1. The highest BCUT2D eigenvalue weighted by Crippen LogP contribution is 2.08. The van der Waals surface area contributed by atoms with Crippen molar-refractivity contribution in [2.24, 2.45) is 11.7 Å². The van der Waals surface area contributed by atoms with Crippen molar-refractivity contribution in [3.05, 3.63) is 0 Å². The van der Waals surface area contributed by atoms with Crippen molar-refractivity contribution >= 4 is 6.03 Å². The molecule has 0 spiro atoms. The van der Waals surface area contributed by atoms with E-state index in [9.17, 15) is 4.79 Å². The normalized spacial score (nSPS) is 15.5. The molecule has 2 amide bonds. The highest BCUT2D eigenvalue weighted by Gasteiger charge is 2.07. The van der Waals surface area contributed by atoms with Crippen molar-refractivity contribution in [3.63, 3.8) is 0 Å². The Bertz CT molecular complexity index is 125. The van der Waals surface area contributed by atoms with Crippen LogP contribution in [0.15, 0.2) is 0 Å². The molecule has 0 saturated heterocycles. The molecule has 2 atom stereocenters. The Hall–Kier alpha value is -0.730. The Morgan fingerprint density at radius 1 is 1.55 bits per heavy atom. The topological polar surface area (TPSA) is 55.1 Å². The average Bonchev–Trinajstić information content (AvgIpc) is 1.85. The molecule has 0 aromatic carbocycles. The molecule has 3 nitrogen and oxygen atoms in total. The van der Waals surface area contributed by atoms with Gasteiger partial charge in [-0.25, -0.2) is 4.79 Å². The summed E-state index contributed by atoms with van der Waals surface area (Å²) in [5, 5.41) is 2.65. The molecule has 2 unspecified atom stereocenters. The Kier molecular flexibility index (Phi) is 4.66. The van der Waals surface area contributed by atoms with Gasteiger partial charge in [0.25, 0.3) is 0 Å². The van der Waals surface area contributed by atoms with Crippen LogP contribution in [-0.4, -0.2) is 12.1 Å². The van der Waals surface area contributed by atoms with Crippen LogP contribution in [0, 0.1) is 5.92 Å². The highest BCUT2D eigenvalue weighted by molar-refractivity contribution is 5.71. The Morgan fingerprint density at radius 3 is 2.45 bits per heavy atom. The summed E-state index contributed by atoms with van der Waals surface area (Å²) in [5.41, 5.74) is 4.96. The zero-order chi connectivity index (χ0) is 8.85. The summed E-state index contributed by atoms with van der Waals surface area (Å²) in [7, 11) is 0. The van der Waals surface area contributed by atoms with Crippen molar-refractivity contribution in [1.29, 1.82) is 0 Å². The van der Waals surface area contributed by atoms with Gasteiger partial charge < -0.3 is 11.1 Å². The summed E-state index contributed by atoms with van der Waals surface area (Å²) in [6.07, 6.45) is 2.14. The van der Waals surface area contributed by atoms with Crippen LogP contribution in [0.1, 0.15) is 33.6 Å². The minimum atomic E-state index is -0.430. The first-order valence-corrected chi connectivity index (χ1v) is 4.12. The van der Waals surface area contributed by atoms with E-state index in [2.05, 4.69) is 19.2 Å². The molecule has 0 fully saturated rings. The van der Waals surface area contributed by atoms with E-state index in [1.54, 1.807) is 0 Å². The molecule has 66 valence electrons. The molecule has 0 aromatic rings. The van der Waals surface area contributed by atoms with E-state index in [1.807, 2.05) is 6.92 Å². The fourth-order valence-corrected chi connectivity index (χ4v) is 1.07. The lowest BCUT2D eigenvalue weighted by Crippen LogP contribution is -2.37. The predicted octanol–water partition coefficient (Wildman–Crippen LogP) is 1.48. The molecule has 0 aromatic heterocycles. The van der Waals surface area contributed by atoms with Gasteiger partial charge in [0.1, 0.15) is 0 Å². The molecular weight excluding hydrogens is 140 g/mol. The highest BCUT2D eigenvalue weighted by atomic mass is 16.2. The molecule has 0 aliphatic heterocycles. The lowest BCUT2D eigenvalue weighted by atomic mass is 10.0. The van der Waals surface area contributed by atoms with E-state index < -0.39 is 6.03 Å². The van der Waals surface area contributed by atoms with Crippen molar-refractivity contribution in [2.45, 2.75) is 39.7 Å². The largest absolute Gasteiger partial charge is 0.352 e. The average molecular weight is 158 g/mol. The van der Waals surface area contributed by atoms with Crippen LogP contribution in [0.2, 0.25) is 0 Å². The van der Waals surface area contributed by atoms with Gasteiger partial charge in [0.15, 0.2) is 0 Å². The SMILES string of the molecule is CCC(C)CC(C)NC(N)=O. The van der Waals surface area contributed by atoms with E-state index >= 15 is 0 Å². The summed E-state index contributed by atoms with van der Waals surface area (Å²) in [4.78, 5) is 10.4. The van der Waals surface area contributed by atoms with Crippen LogP contribution in [0.3, 0.4) is 0 Å². The molecular formula is C8H18N2O. The number of carbonyl (C=O) groups excluding carboxylic acids is 1. The summed E-state index contributed by atoms with van der Waals surface area (Å²) in [5.74, 6) is 0.650. The smallest absolute Gasteiger partial charge is 0.312 e. The molecule has 0 heterocycles. The second-order valence-corrected chi connectivity index (χ2v) is 3.16. The van der Waals surface area contributed by atoms with E-state index in [-0.39, 0.29) is 6.04 Å². The van der Waals surface area contributed by atoms with Gasteiger partial charge in [-0.1, -0.05) is 20.3 Å². The number of nitrogens with two attached hydrogens (primary N) is 1. The molecule has 3 heteroatoms. The number of carbonyl (C=O) groups is 1. The third kappa shape index (κ3) is 5.70. The maximum atomic E-state index is 10.4. The molecule has 3 N–H and O–H groups in total. The summed E-state index contributed by atoms with van der Waals surface area (Å²) in [6.45, 7) is 6.28. The van der Waals surface area contributed by atoms with Gasteiger partial charge in [0.2, 0.25) is 0 Å². The van der Waals surface area contributed by atoms with Crippen LogP contribution in [0.5, 0.6) is 0 Å². The minimum Gasteiger partial charge on any atom is -0.352 e. The number of urea groups is 1. The Balaban J connectivity index is 3.51. The summed E-state index contributed by atoms with van der Waals surface area (Å²) < 4.78 is 0. The van der Waals surface area contributed by atoms with E-state index in [1.165, 1.54) is 0 Å². The number of hydrogen-bond acceptors (Lipinski definition) is 1. The van der Waals surface area contributed by atoms with Gasteiger partial charge in [-0.15, -0.1) is 0 Å². The lowest BCUT2D eigenvalue weighted by molar-refractivity contribution is 0.244. The van der Waals surface area contributed by atoms with Crippen LogP contribution in [0.25, 0.3) is 0 Å². The lowest BCUT2D eigenvalue weighted by Gasteiger charge is -2.15. The second kappa shape index (κ2) is 4.99. The van der Waals surface area contributed by atoms with Gasteiger partial charge in [-0.2, -0.15) is 0 Å². The molecule has 0 bridgehead atoms. The first-order chi connectivity index (χ1) is 5.06. The van der Waals surface area contributed by atoms with Crippen LogP contribution in [-0.2, 0) is 0 Å². The van der Waals surface area contributed by atoms with Gasteiger partial charge in [0.05, 0.1) is 0 Å². The number of amides is 2. The molecule has 0 radical (unpaired) electrons. The fraction of sp³-hybridized carbons (Fsp3) is 0.875. The van der Waals surface area contributed by atoms with E-state index in [4.69, 9.17) is 5.73 Å². The van der Waals surface area contributed by atoms with Crippen molar-refractivity contribution in [1.82, 2.24) is 5.32 Å². The Labute approximate surface area is 68.3 Å². The van der Waals surface area contributed by atoms with Crippen molar-refractivity contribution < 1.29 is 4.79 Å². The van der Waals surface area contributed by atoms with Gasteiger partial charge >= 0.3 is 6.03 Å². The fourth-order valence-electron chi connectivity index (χ4n) is 1.07.